The molecule has 1 amide bonds. The maximum Gasteiger partial charge on any atom is 0.329 e. The van der Waals surface area contributed by atoms with E-state index < -0.39 is 109 Å². The number of ketones is 3. The minimum atomic E-state index is -3.27. The lowest BCUT2D eigenvalue weighted by Gasteiger charge is -2.42. The number of piperidine rings is 1. The fraction of sp³-hybridized carbons (Fsp3) is 0.755. The summed E-state index contributed by atoms with van der Waals surface area (Å²) in [6.45, 7) is 6.12. The molecule has 0 aromatic rings. The van der Waals surface area contributed by atoms with Crippen LogP contribution in [0, 0.1) is 35.5 Å². The van der Waals surface area contributed by atoms with Gasteiger partial charge < -0.3 is 48.6 Å². The van der Waals surface area contributed by atoms with Crippen LogP contribution >= 0.6 is 0 Å². The van der Waals surface area contributed by atoms with Crippen LogP contribution in [-0.2, 0) is 52.4 Å². The van der Waals surface area contributed by atoms with Crippen LogP contribution in [-0.4, -0.2) is 145 Å². The van der Waals surface area contributed by atoms with Crippen LogP contribution in [0.3, 0.4) is 0 Å². The molecule has 0 unspecified atom stereocenters. The Hall–Kier alpha value is -3.41. The van der Waals surface area contributed by atoms with Crippen molar-refractivity contribution in [3.63, 3.8) is 0 Å². The number of nitrogens with zero attached hydrogens (tertiary/aromatic N) is 1. The zero-order valence-electron chi connectivity index (χ0n) is 46.0. The maximum atomic E-state index is 14.5. The highest BCUT2D eigenvalue weighted by molar-refractivity contribution is 6.39. The molecule has 2 saturated heterocycles. The van der Waals surface area contributed by atoms with Crippen LogP contribution in [0.1, 0.15) is 131 Å². The van der Waals surface area contributed by atoms with Crippen molar-refractivity contribution in [2.45, 2.75) is 180 Å². The fourth-order valence-corrected chi connectivity index (χ4v) is 10.3. The van der Waals surface area contributed by atoms with E-state index in [2.05, 4.69) is 0 Å². The number of hydrogen-bond acceptors (Lipinski definition) is 14. The van der Waals surface area contributed by atoms with E-state index >= 15 is 0 Å². The largest absolute Gasteiger partial charge is 0.460 e. The molecule has 0 aromatic heterocycles. The Morgan fingerprint density at radius 2 is 1.62 bits per heavy atom. The van der Waals surface area contributed by atoms with E-state index in [1.807, 2.05) is 51.2 Å². The minimum Gasteiger partial charge on any atom is -0.460 e. The van der Waals surface area contributed by atoms with Crippen LogP contribution in [0.25, 0.3) is 0 Å². The van der Waals surface area contributed by atoms with Gasteiger partial charge in [0.1, 0.15) is 30.1 Å². The third-order valence-electron chi connectivity index (χ3n) is 14.7. The van der Waals surface area contributed by atoms with Crippen LogP contribution < -0.4 is 0 Å². The summed E-state index contributed by atoms with van der Waals surface area (Å²) in [6.07, 6.45) is 8.68. The number of cyclic esters (lactones) is 1. The number of methoxy groups -OCH3 is 3. The molecule has 0 aromatic carbocycles. The Morgan fingerprint density at radius 3 is 2.29 bits per heavy atom. The third-order valence-corrected chi connectivity index (χ3v) is 14.7. The number of fused-ring (bicyclic) bond motifs is 3. The molecule has 4 aliphatic rings. The summed E-state index contributed by atoms with van der Waals surface area (Å²) < 4.78 is 65.9. The van der Waals surface area contributed by atoms with E-state index in [1.54, 1.807) is 40.9 Å². The van der Waals surface area contributed by atoms with Gasteiger partial charge in [0.15, 0.2) is 5.78 Å². The highest BCUT2D eigenvalue weighted by Crippen LogP contribution is 2.38. The van der Waals surface area contributed by atoms with Crippen molar-refractivity contribution >= 4 is 29.2 Å². The normalized spacial score (nSPS) is 40.5. The van der Waals surface area contributed by atoms with Gasteiger partial charge in [-0.15, -0.1) is 0 Å². The number of ether oxygens (including phenoxy) is 6. The topological polar surface area (TPSA) is 205 Å². The lowest BCUT2D eigenvalue weighted by atomic mass is 9.78. The Bertz CT molecular complexity index is 1990. The highest BCUT2D eigenvalue weighted by atomic mass is 16.6. The van der Waals surface area contributed by atoms with Gasteiger partial charge in [-0.3, -0.25) is 19.2 Å². The SMILES string of the molecule is [2H]C([2H])(O)C([2H])([2H])O[C@@H]1CC[C@@H](C[C@@H](C)[C@@H]2CC(=O)[C@H](C)/C=C(/C)[C@@H](O)[C@@H](OC)C(=O)[C@H](C)C[C@H](C)\C=C/C=C\C=C(\C)[C@@H](OC)C[C@@H]3CC[C@@H](C)[C@@](O)(O3)C(=O)C(=O)N3CCCC[C@H]3C(=O)O2)C[C@H]1OC. The summed E-state index contributed by atoms with van der Waals surface area (Å²) in [6, 6.07) is -1.22. The number of hydrogen-bond donors (Lipinski definition) is 3. The van der Waals surface area contributed by atoms with Crippen LogP contribution in [0.15, 0.2) is 47.6 Å². The summed E-state index contributed by atoms with van der Waals surface area (Å²) in [7, 11) is 4.33. The number of allylic oxidation sites excluding steroid dienone is 6. The first-order chi connectivity index (χ1) is 33.7. The van der Waals surface area contributed by atoms with E-state index in [4.69, 9.17) is 33.9 Å². The molecule has 3 heterocycles. The molecule has 4 rings (SSSR count). The lowest BCUT2D eigenvalue weighted by Crippen LogP contribution is -2.61. The maximum absolute atomic E-state index is 14.5. The molecule has 3 fully saturated rings. The zero-order chi connectivity index (χ0) is 53.9. The molecule has 68 heavy (non-hydrogen) atoms. The standard InChI is InChI=1S/C53H83NO14/c1-32-16-12-11-13-17-33(2)44(63-8)30-40-21-19-38(7)53(62,68-40)50(59)51(60)54-23-15-14-18-41(54)52(61)67-45(35(4)28-39-20-22-43(66-25-24-55)46(29-39)64-9)31-42(56)34(3)27-37(6)48(58)49(65-10)47(57)36(5)26-32/h11-13,16-17,27,32,34-36,38-41,43-46,48-49,55,58,62H,14-15,18-26,28-31H2,1-10H3/b13-11-,16-12-,33-17-,37-27-/t32-,34-,35-,36-,38-,39+,40+,41+,43-,44+,45+,46-,48-,49+,53-/m1/s1/i24D2,25D2. The van der Waals surface area contributed by atoms with Gasteiger partial charge in [0, 0.05) is 58.5 Å². The number of Topliss-reactive ketones (excluding diaryl/α,β-unsaturated/α-hetero) is 3. The number of amides is 1. The number of esters is 1. The average Bonchev–Trinajstić information content (AvgIpc) is 3.32. The fourth-order valence-electron chi connectivity index (χ4n) is 10.3. The molecule has 0 spiro atoms. The summed E-state index contributed by atoms with van der Waals surface area (Å²) in [5, 5.41) is 33.3. The van der Waals surface area contributed by atoms with Crippen LogP contribution in [0.2, 0.25) is 0 Å². The second-order valence-corrected chi connectivity index (χ2v) is 19.9. The van der Waals surface area contributed by atoms with E-state index in [0.717, 1.165) is 10.5 Å². The van der Waals surface area contributed by atoms with E-state index in [9.17, 15) is 39.3 Å². The predicted molar refractivity (Wildman–Crippen MR) is 256 cm³/mol. The molecule has 0 radical (unpaired) electrons. The van der Waals surface area contributed by atoms with E-state index in [-0.39, 0.29) is 55.6 Å². The Balaban J connectivity index is 1.70. The first-order valence-electron chi connectivity index (χ1n) is 26.6. The predicted octanol–water partition coefficient (Wildman–Crippen LogP) is 6.20. The molecule has 15 atom stereocenters. The number of carbonyl (C=O) groups excluding carboxylic acids is 5. The number of aliphatic hydroxyl groups excluding tert-OH is 1. The second kappa shape index (κ2) is 27.3. The lowest BCUT2D eigenvalue weighted by molar-refractivity contribution is -0.265. The van der Waals surface area contributed by atoms with E-state index in [1.165, 1.54) is 14.2 Å². The summed E-state index contributed by atoms with van der Waals surface area (Å²) in [5.74, 6) is -8.91. The monoisotopic (exact) mass is 962 g/mol. The van der Waals surface area contributed by atoms with Gasteiger partial charge in [-0.1, -0.05) is 71.1 Å². The molecular formula is C53H83NO14. The Labute approximate surface area is 410 Å². The van der Waals surface area contributed by atoms with Crippen molar-refractivity contribution in [2.24, 2.45) is 35.5 Å². The van der Waals surface area contributed by atoms with Crippen LogP contribution in [0.5, 0.6) is 0 Å². The van der Waals surface area contributed by atoms with Gasteiger partial charge in [-0.05, 0) is 107 Å². The van der Waals surface area contributed by atoms with Gasteiger partial charge in [0.25, 0.3) is 11.7 Å². The van der Waals surface area contributed by atoms with Crippen molar-refractivity contribution in [2.75, 3.05) is 41.0 Å². The quantitative estimate of drug-likeness (QED) is 0.134. The van der Waals surface area contributed by atoms with Gasteiger partial charge in [-0.25, -0.2) is 4.79 Å². The molecule has 1 aliphatic carbocycles. The number of carbonyl (C=O) groups is 5. The first kappa shape index (κ1) is 51.0. The number of aliphatic hydroxyl groups is 3. The van der Waals surface area contributed by atoms with Crippen molar-refractivity contribution < 1.29 is 73.2 Å². The third kappa shape index (κ3) is 15.3. The van der Waals surface area contributed by atoms with Gasteiger partial charge in [-0.2, -0.15) is 0 Å². The van der Waals surface area contributed by atoms with Crippen molar-refractivity contribution in [3.05, 3.63) is 47.6 Å². The molecule has 15 nitrogen and oxygen atoms in total. The summed E-state index contributed by atoms with van der Waals surface area (Å²) in [4.78, 5) is 72.3. The molecule has 384 valence electrons. The Kier molecular flexibility index (Phi) is 20.4. The minimum absolute atomic E-state index is 0.0148. The summed E-state index contributed by atoms with van der Waals surface area (Å²) in [5.41, 5.74) is 1.19. The zero-order valence-corrected chi connectivity index (χ0v) is 42.0. The average molecular weight is 962 g/mol. The second-order valence-electron chi connectivity index (χ2n) is 19.9. The summed E-state index contributed by atoms with van der Waals surface area (Å²) >= 11 is 0. The number of rotatable bonds is 9. The van der Waals surface area contributed by atoms with Gasteiger partial charge >= 0.3 is 5.97 Å². The molecule has 15 heteroatoms. The molecular weight excluding hydrogens is 875 g/mol. The van der Waals surface area contributed by atoms with Gasteiger partial charge in [0.2, 0.25) is 5.79 Å². The molecule has 1 saturated carbocycles. The smallest absolute Gasteiger partial charge is 0.329 e. The van der Waals surface area contributed by atoms with Crippen molar-refractivity contribution in [1.29, 1.82) is 0 Å². The molecule has 3 N–H and O–H groups in total. The van der Waals surface area contributed by atoms with Gasteiger partial charge in [0.05, 0.1) is 43.0 Å². The van der Waals surface area contributed by atoms with Crippen molar-refractivity contribution in [1.82, 2.24) is 4.90 Å². The molecule has 3 aliphatic heterocycles. The van der Waals surface area contributed by atoms with Crippen molar-refractivity contribution in [3.8, 4) is 0 Å². The molecule has 2 bridgehead atoms. The van der Waals surface area contributed by atoms with Crippen LogP contribution in [0.4, 0.5) is 0 Å². The van der Waals surface area contributed by atoms with E-state index in [0.29, 0.717) is 56.9 Å². The first-order valence-corrected chi connectivity index (χ1v) is 24.6. The highest BCUT2D eigenvalue weighted by Gasteiger charge is 2.53. The Morgan fingerprint density at radius 1 is 0.882 bits per heavy atom.